The van der Waals surface area contributed by atoms with E-state index in [4.69, 9.17) is 0 Å². The predicted molar refractivity (Wildman–Crippen MR) is 55.2 cm³/mol. The van der Waals surface area contributed by atoms with Gasteiger partial charge in [-0.15, -0.1) is 12.4 Å². The molecule has 1 saturated carbocycles. The van der Waals surface area contributed by atoms with E-state index in [1.807, 2.05) is 6.20 Å². The van der Waals surface area contributed by atoms with Gasteiger partial charge in [-0.05, 0) is 19.4 Å². The molecule has 1 aliphatic carbocycles. The van der Waals surface area contributed by atoms with E-state index in [1.54, 1.807) is 0 Å². The van der Waals surface area contributed by atoms with Crippen LogP contribution in [0, 0.1) is 0 Å². The fourth-order valence-corrected chi connectivity index (χ4v) is 1.29. The number of rotatable bonds is 4. The Morgan fingerprint density at radius 2 is 2.38 bits per heavy atom. The summed E-state index contributed by atoms with van der Waals surface area (Å²) in [4.78, 5) is 7.67. The van der Waals surface area contributed by atoms with Gasteiger partial charge in [-0.3, -0.25) is 0 Å². The molecular weight excluding hydrogens is 186 g/mol. The van der Waals surface area contributed by atoms with Gasteiger partial charge in [0.05, 0.1) is 0 Å². The summed E-state index contributed by atoms with van der Waals surface area (Å²) >= 11 is 0. The van der Waals surface area contributed by atoms with Crippen LogP contribution >= 0.6 is 12.4 Å². The maximum absolute atomic E-state index is 4.34. The Morgan fingerprint density at radius 3 is 3.00 bits per heavy atom. The summed E-state index contributed by atoms with van der Waals surface area (Å²) in [6.45, 7) is 4.03. The average molecular weight is 202 g/mol. The van der Waals surface area contributed by atoms with Crippen molar-refractivity contribution in [1.29, 1.82) is 0 Å². The van der Waals surface area contributed by atoms with E-state index in [-0.39, 0.29) is 12.4 Å². The third-order valence-electron chi connectivity index (χ3n) is 2.18. The molecule has 1 aromatic heterocycles. The number of hydrogen-bond donors (Lipinski definition) is 2. The molecule has 1 aliphatic rings. The molecule has 1 fully saturated rings. The van der Waals surface area contributed by atoms with Crippen molar-refractivity contribution >= 4 is 12.4 Å². The first-order valence-corrected chi connectivity index (χ1v) is 4.64. The second-order valence-electron chi connectivity index (χ2n) is 3.35. The number of H-pyrrole nitrogens is 1. The van der Waals surface area contributed by atoms with E-state index in [0.717, 1.165) is 19.0 Å². The number of hydrogen-bond acceptors (Lipinski definition) is 2. The van der Waals surface area contributed by atoms with Crippen molar-refractivity contribution in [3.05, 3.63) is 17.7 Å². The zero-order chi connectivity index (χ0) is 8.39. The maximum Gasteiger partial charge on any atom is 0.109 e. The lowest BCUT2D eigenvalue weighted by Crippen LogP contribution is -2.11. The molecule has 1 heterocycles. The van der Waals surface area contributed by atoms with Crippen LogP contribution in [0.15, 0.2) is 6.20 Å². The first kappa shape index (κ1) is 10.5. The Labute approximate surface area is 84.7 Å². The largest absolute Gasteiger partial charge is 0.345 e. The van der Waals surface area contributed by atoms with E-state index in [9.17, 15) is 0 Å². The van der Waals surface area contributed by atoms with Crippen LogP contribution in [0.2, 0.25) is 0 Å². The summed E-state index contributed by atoms with van der Waals surface area (Å²) < 4.78 is 0. The van der Waals surface area contributed by atoms with E-state index in [0.29, 0.717) is 0 Å². The minimum absolute atomic E-state index is 0. The number of halogens is 1. The Hall–Kier alpha value is -0.540. The molecule has 0 spiro atoms. The Morgan fingerprint density at radius 1 is 1.62 bits per heavy atom. The van der Waals surface area contributed by atoms with Crippen LogP contribution in [0.5, 0.6) is 0 Å². The first-order valence-electron chi connectivity index (χ1n) is 4.64. The van der Waals surface area contributed by atoms with Gasteiger partial charge in [-0.2, -0.15) is 0 Å². The van der Waals surface area contributed by atoms with Crippen molar-refractivity contribution in [2.75, 3.05) is 6.54 Å². The van der Waals surface area contributed by atoms with Gasteiger partial charge in [0.15, 0.2) is 0 Å². The average Bonchev–Trinajstić information content (AvgIpc) is 2.83. The van der Waals surface area contributed by atoms with Crippen LogP contribution in [0.4, 0.5) is 0 Å². The van der Waals surface area contributed by atoms with Crippen molar-refractivity contribution < 1.29 is 0 Å². The molecule has 3 nitrogen and oxygen atoms in total. The Bertz CT molecular complexity index is 255. The van der Waals surface area contributed by atoms with E-state index >= 15 is 0 Å². The first-order chi connectivity index (χ1) is 5.90. The minimum Gasteiger partial charge on any atom is -0.345 e. The van der Waals surface area contributed by atoms with Crippen LogP contribution < -0.4 is 5.32 Å². The fourth-order valence-electron chi connectivity index (χ4n) is 1.29. The molecular formula is C9H16ClN3. The molecule has 1 aromatic rings. The summed E-state index contributed by atoms with van der Waals surface area (Å²) in [7, 11) is 0. The molecule has 0 aromatic carbocycles. The summed E-state index contributed by atoms with van der Waals surface area (Å²) in [5, 5.41) is 3.27. The normalized spacial score (nSPS) is 15.5. The van der Waals surface area contributed by atoms with Gasteiger partial charge in [0.2, 0.25) is 0 Å². The van der Waals surface area contributed by atoms with Crippen molar-refractivity contribution in [3.63, 3.8) is 0 Å². The van der Waals surface area contributed by atoms with E-state index in [2.05, 4.69) is 22.2 Å². The molecule has 2 rings (SSSR count). The minimum atomic E-state index is 0. The fraction of sp³-hybridized carbons (Fsp3) is 0.667. The lowest BCUT2D eigenvalue weighted by atomic mass is 10.4. The Kier molecular flexibility index (Phi) is 3.75. The number of imidazole rings is 1. The molecule has 0 unspecified atom stereocenters. The van der Waals surface area contributed by atoms with E-state index in [1.165, 1.54) is 24.4 Å². The SMILES string of the molecule is CCNCc1cnc(C2CC2)[nH]1.Cl. The van der Waals surface area contributed by atoms with Crippen molar-refractivity contribution in [1.82, 2.24) is 15.3 Å². The van der Waals surface area contributed by atoms with Crippen LogP contribution in [0.3, 0.4) is 0 Å². The molecule has 13 heavy (non-hydrogen) atoms. The highest BCUT2D eigenvalue weighted by Gasteiger charge is 2.26. The molecule has 0 radical (unpaired) electrons. The highest BCUT2D eigenvalue weighted by Crippen LogP contribution is 2.37. The van der Waals surface area contributed by atoms with Crippen LogP contribution in [-0.4, -0.2) is 16.5 Å². The highest BCUT2D eigenvalue weighted by atomic mass is 35.5. The third kappa shape index (κ3) is 2.71. The Balaban J connectivity index is 0.000000845. The van der Waals surface area contributed by atoms with Gasteiger partial charge in [-0.25, -0.2) is 4.98 Å². The molecule has 2 N–H and O–H groups in total. The molecule has 0 bridgehead atoms. The standard InChI is InChI=1S/C9H15N3.ClH/c1-2-10-5-8-6-11-9(12-8)7-3-4-7;/h6-7,10H,2-5H2,1H3,(H,11,12);1H. The molecule has 0 saturated heterocycles. The van der Waals surface area contributed by atoms with Gasteiger partial charge in [0, 0.05) is 24.4 Å². The zero-order valence-corrected chi connectivity index (χ0v) is 8.66. The monoisotopic (exact) mass is 201 g/mol. The maximum atomic E-state index is 4.34. The zero-order valence-electron chi connectivity index (χ0n) is 7.84. The quantitative estimate of drug-likeness (QED) is 0.781. The second kappa shape index (κ2) is 4.63. The van der Waals surface area contributed by atoms with Crippen LogP contribution in [0.1, 0.15) is 37.2 Å². The van der Waals surface area contributed by atoms with Crippen LogP contribution in [-0.2, 0) is 6.54 Å². The molecule has 0 atom stereocenters. The van der Waals surface area contributed by atoms with Crippen molar-refractivity contribution in [2.45, 2.75) is 32.2 Å². The molecule has 4 heteroatoms. The van der Waals surface area contributed by atoms with Gasteiger partial charge in [0.25, 0.3) is 0 Å². The van der Waals surface area contributed by atoms with Crippen molar-refractivity contribution in [2.24, 2.45) is 0 Å². The van der Waals surface area contributed by atoms with Crippen LogP contribution in [0.25, 0.3) is 0 Å². The number of nitrogens with zero attached hydrogens (tertiary/aromatic N) is 1. The summed E-state index contributed by atoms with van der Waals surface area (Å²) in [6, 6.07) is 0. The summed E-state index contributed by atoms with van der Waals surface area (Å²) in [6.07, 6.45) is 4.57. The summed E-state index contributed by atoms with van der Waals surface area (Å²) in [5.74, 6) is 1.92. The number of nitrogens with one attached hydrogen (secondary N) is 2. The summed E-state index contributed by atoms with van der Waals surface area (Å²) in [5.41, 5.74) is 1.21. The topological polar surface area (TPSA) is 40.7 Å². The van der Waals surface area contributed by atoms with Gasteiger partial charge in [-0.1, -0.05) is 6.92 Å². The van der Waals surface area contributed by atoms with Gasteiger partial charge < -0.3 is 10.3 Å². The smallest absolute Gasteiger partial charge is 0.109 e. The molecule has 0 amide bonds. The number of aromatic amines is 1. The molecule has 0 aliphatic heterocycles. The molecule has 74 valence electrons. The third-order valence-corrected chi connectivity index (χ3v) is 2.18. The van der Waals surface area contributed by atoms with Crippen molar-refractivity contribution in [3.8, 4) is 0 Å². The lowest BCUT2D eigenvalue weighted by molar-refractivity contribution is 0.712. The van der Waals surface area contributed by atoms with Gasteiger partial charge >= 0.3 is 0 Å². The lowest BCUT2D eigenvalue weighted by Gasteiger charge is -1.96. The predicted octanol–water partition coefficient (Wildman–Crippen LogP) is 1.82. The van der Waals surface area contributed by atoms with Gasteiger partial charge in [0.1, 0.15) is 5.82 Å². The van der Waals surface area contributed by atoms with E-state index < -0.39 is 0 Å². The highest BCUT2D eigenvalue weighted by molar-refractivity contribution is 5.85. The number of aromatic nitrogens is 2. The second-order valence-corrected chi connectivity index (χ2v) is 3.35.